The second kappa shape index (κ2) is 11.3. The number of methoxy groups -OCH3 is 2. The number of amides is 2. The number of benzene rings is 2. The number of nitrogens with one attached hydrogen (secondary N) is 2. The van der Waals surface area contributed by atoms with Crippen molar-refractivity contribution in [2.45, 2.75) is 12.8 Å². The lowest BCUT2D eigenvalue weighted by Crippen LogP contribution is -2.22. The molecule has 0 unspecified atom stereocenters. The van der Waals surface area contributed by atoms with E-state index in [1.807, 2.05) is 0 Å². The summed E-state index contributed by atoms with van der Waals surface area (Å²) in [5.74, 6) is -0.710. The molecule has 2 amide bonds. The molecule has 2 rings (SSSR count). The van der Waals surface area contributed by atoms with Gasteiger partial charge in [-0.1, -0.05) is 23.2 Å². The van der Waals surface area contributed by atoms with Crippen LogP contribution in [-0.4, -0.2) is 38.6 Å². The van der Waals surface area contributed by atoms with Gasteiger partial charge in [0.25, 0.3) is 5.91 Å². The third-order valence-electron chi connectivity index (χ3n) is 3.81. The van der Waals surface area contributed by atoms with Crippen LogP contribution in [0.5, 0.6) is 11.5 Å². The van der Waals surface area contributed by atoms with Crippen molar-refractivity contribution in [3.63, 3.8) is 0 Å². The summed E-state index contributed by atoms with van der Waals surface area (Å²) in [5.41, 5.74) is 0.783. The predicted octanol–water partition coefficient (Wildman–Crippen LogP) is 3.91. The zero-order valence-electron chi connectivity index (χ0n) is 16.3. The van der Waals surface area contributed by atoms with Crippen molar-refractivity contribution in [3.8, 4) is 11.5 Å². The third-order valence-corrected chi connectivity index (χ3v) is 4.36. The number of halogens is 2. The first-order valence-corrected chi connectivity index (χ1v) is 9.50. The van der Waals surface area contributed by atoms with Crippen LogP contribution in [0, 0.1) is 0 Å². The number of esters is 1. The topological polar surface area (TPSA) is 103 Å². The first kappa shape index (κ1) is 23.3. The molecular weight excluding hydrogens is 435 g/mol. The van der Waals surface area contributed by atoms with Crippen LogP contribution in [0.3, 0.4) is 0 Å². The van der Waals surface area contributed by atoms with Crippen LogP contribution < -0.4 is 20.1 Å². The summed E-state index contributed by atoms with van der Waals surface area (Å²) in [4.78, 5) is 35.8. The van der Waals surface area contributed by atoms with Crippen molar-refractivity contribution >= 4 is 52.4 Å². The van der Waals surface area contributed by atoms with Gasteiger partial charge in [0.1, 0.15) is 11.5 Å². The van der Waals surface area contributed by atoms with Crippen LogP contribution in [0.1, 0.15) is 12.8 Å². The fourth-order valence-electron chi connectivity index (χ4n) is 2.33. The Bertz CT molecular complexity index is 936. The quantitative estimate of drug-likeness (QED) is 0.556. The smallest absolute Gasteiger partial charge is 0.306 e. The third kappa shape index (κ3) is 7.13. The monoisotopic (exact) mass is 454 g/mol. The first-order chi connectivity index (χ1) is 14.3. The fraction of sp³-hybridized carbons (Fsp3) is 0.250. The molecule has 160 valence electrons. The van der Waals surface area contributed by atoms with Crippen LogP contribution in [0.2, 0.25) is 10.0 Å². The number of carbonyl (C=O) groups excluding carboxylic acids is 3. The highest BCUT2D eigenvalue weighted by atomic mass is 35.5. The zero-order valence-corrected chi connectivity index (χ0v) is 17.8. The molecule has 0 fully saturated rings. The fourth-order valence-corrected chi connectivity index (χ4v) is 2.78. The molecule has 0 heterocycles. The molecule has 0 spiro atoms. The molecule has 0 aromatic heterocycles. The van der Waals surface area contributed by atoms with Crippen molar-refractivity contribution in [2.24, 2.45) is 0 Å². The van der Waals surface area contributed by atoms with Crippen molar-refractivity contribution in [2.75, 3.05) is 31.5 Å². The average molecular weight is 455 g/mol. The van der Waals surface area contributed by atoms with E-state index >= 15 is 0 Å². The Morgan fingerprint density at radius 1 is 0.867 bits per heavy atom. The number of anilines is 2. The summed E-state index contributed by atoms with van der Waals surface area (Å²) in [6.45, 7) is -0.501. The van der Waals surface area contributed by atoms with Gasteiger partial charge in [0.05, 0.1) is 37.0 Å². The Hall–Kier alpha value is -2.97. The maximum atomic E-state index is 12.0. The molecule has 0 aliphatic heterocycles. The molecule has 2 aromatic rings. The van der Waals surface area contributed by atoms with Crippen molar-refractivity contribution in [1.82, 2.24) is 0 Å². The Morgan fingerprint density at radius 2 is 1.57 bits per heavy atom. The second-order valence-electron chi connectivity index (χ2n) is 5.95. The molecule has 0 aliphatic carbocycles. The Morgan fingerprint density at radius 3 is 2.23 bits per heavy atom. The Kier molecular flexibility index (Phi) is 8.76. The lowest BCUT2D eigenvalue weighted by molar-refractivity contribution is -0.147. The van der Waals surface area contributed by atoms with Gasteiger partial charge in [0.15, 0.2) is 6.61 Å². The normalized spacial score (nSPS) is 10.1. The largest absolute Gasteiger partial charge is 0.497 e. The van der Waals surface area contributed by atoms with Crippen LogP contribution in [-0.2, 0) is 19.1 Å². The van der Waals surface area contributed by atoms with Gasteiger partial charge in [-0.2, -0.15) is 0 Å². The van der Waals surface area contributed by atoms with Gasteiger partial charge in [-0.05, 0) is 30.3 Å². The highest BCUT2D eigenvalue weighted by Gasteiger charge is 2.13. The number of rotatable bonds is 9. The average Bonchev–Trinajstić information content (AvgIpc) is 2.73. The van der Waals surface area contributed by atoms with Crippen LogP contribution in [0.15, 0.2) is 36.4 Å². The Labute approximate surface area is 183 Å². The Balaban J connectivity index is 1.76. The summed E-state index contributed by atoms with van der Waals surface area (Å²) < 4.78 is 15.2. The summed E-state index contributed by atoms with van der Waals surface area (Å²) in [7, 11) is 2.96. The minimum atomic E-state index is -0.691. The number of hydrogen-bond donors (Lipinski definition) is 2. The van der Waals surface area contributed by atoms with E-state index in [-0.39, 0.29) is 17.9 Å². The van der Waals surface area contributed by atoms with Crippen molar-refractivity contribution in [3.05, 3.63) is 46.4 Å². The minimum Gasteiger partial charge on any atom is -0.497 e. The van der Waals surface area contributed by atoms with Gasteiger partial charge < -0.3 is 24.8 Å². The zero-order chi connectivity index (χ0) is 22.1. The molecule has 30 heavy (non-hydrogen) atoms. The molecular formula is C20H20Cl2N2O6. The van der Waals surface area contributed by atoms with E-state index in [0.29, 0.717) is 27.9 Å². The molecule has 0 radical (unpaired) electrons. The minimum absolute atomic E-state index is 0.133. The highest BCUT2D eigenvalue weighted by molar-refractivity contribution is 6.36. The molecule has 2 N–H and O–H groups in total. The summed E-state index contributed by atoms with van der Waals surface area (Å²) in [6.07, 6.45) is -0.331. The molecule has 0 atom stereocenters. The summed E-state index contributed by atoms with van der Waals surface area (Å²) in [6, 6.07) is 9.47. The van der Waals surface area contributed by atoms with Crippen LogP contribution in [0.4, 0.5) is 11.4 Å². The number of carbonyl (C=O) groups is 3. The SMILES string of the molecule is COc1ccc(NC(=O)COC(=O)CCC(=O)Nc2ccc(Cl)cc2Cl)c(OC)c1. The summed E-state index contributed by atoms with van der Waals surface area (Å²) in [5, 5.41) is 5.87. The maximum absolute atomic E-state index is 12.0. The van der Waals surface area contributed by atoms with Crippen LogP contribution in [0.25, 0.3) is 0 Å². The molecule has 0 saturated heterocycles. The molecule has 0 saturated carbocycles. The van der Waals surface area contributed by atoms with Gasteiger partial charge in [0, 0.05) is 17.5 Å². The van der Waals surface area contributed by atoms with E-state index < -0.39 is 24.4 Å². The second-order valence-corrected chi connectivity index (χ2v) is 6.79. The molecule has 2 aromatic carbocycles. The van der Waals surface area contributed by atoms with Gasteiger partial charge >= 0.3 is 5.97 Å². The molecule has 0 bridgehead atoms. The van der Waals surface area contributed by atoms with Gasteiger partial charge in [0.2, 0.25) is 5.91 Å². The predicted molar refractivity (Wildman–Crippen MR) is 113 cm³/mol. The van der Waals surface area contributed by atoms with Gasteiger partial charge in [-0.15, -0.1) is 0 Å². The van der Waals surface area contributed by atoms with E-state index in [4.69, 9.17) is 37.4 Å². The summed E-state index contributed by atoms with van der Waals surface area (Å²) >= 11 is 11.8. The molecule has 0 aliphatic rings. The van der Waals surface area contributed by atoms with E-state index in [1.165, 1.54) is 20.3 Å². The number of ether oxygens (including phenoxy) is 3. The first-order valence-electron chi connectivity index (χ1n) is 8.74. The van der Waals surface area contributed by atoms with E-state index in [0.717, 1.165) is 0 Å². The lowest BCUT2D eigenvalue weighted by atomic mass is 10.2. The van der Waals surface area contributed by atoms with Gasteiger partial charge in [-0.25, -0.2) is 0 Å². The molecule has 10 heteroatoms. The number of hydrogen-bond acceptors (Lipinski definition) is 6. The van der Waals surface area contributed by atoms with Crippen molar-refractivity contribution in [1.29, 1.82) is 0 Å². The van der Waals surface area contributed by atoms with Crippen molar-refractivity contribution < 1.29 is 28.6 Å². The lowest BCUT2D eigenvalue weighted by Gasteiger charge is -2.12. The van der Waals surface area contributed by atoms with Gasteiger partial charge in [-0.3, -0.25) is 14.4 Å². The van der Waals surface area contributed by atoms with E-state index in [9.17, 15) is 14.4 Å². The molecule has 8 nitrogen and oxygen atoms in total. The highest BCUT2D eigenvalue weighted by Crippen LogP contribution is 2.29. The van der Waals surface area contributed by atoms with E-state index in [2.05, 4.69) is 10.6 Å². The van der Waals surface area contributed by atoms with E-state index in [1.54, 1.807) is 30.3 Å². The van der Waals surface area contributed by atoms with Crippen LogP contribution >= 0.6 is 23.2 Å². The standard InChI is InChI=1S/C20H20Cl2N2O6/c1-28-13-4-6-16(17(10-13)29-2)24-19(26)11-30-20(27)8-7-18(25)23-15-5-3-12(21)9-14(15)22/h3-6,9-10H,7-8,11H2,1-2H3,(H,23,25)(H,24,26). The maximum Gasteiger partial charge on any atom is 0.306 e.